The third-order valence-corrected chi connectivity index (χ3v) is 7.54. The van der Waals surface area contributed by atoms with Crippen molar-refractivity contribution in [2.75, 3.05) is 6.54 Å². The van der Waals surface area contributed by atoms with Crippen molar-refractivity contribution in [2.24, 2.45) is 5.92 Å². The Bertz CT molecular complexity index is 776. The fraction of sp³-hybridized carbons (Fsp3) is 0.353. The molecule has 1 heterocycles. The molecule has 0 saturated heterocycles. The number of carbonyl (C=O) groups is 1. The van der Waals surface area contributed by atoms with Gasteiger partial charge >= 0.3 is 0 Å². The maximum absolute atomic E-state index is 12.9. The minimum Gasteiger partial charge on any atom is -0.354 e. The lowest BCUT2D eigenvalue weighted by atomic mass is 10.1. The topological polar surface area (TPSA) is 63.2 Å². The highest BCUT2D eigenvalue weighted by atomic mass is 32.2. The third-order valence-electron chi connectivity index (χ3n) is 4.01. The van der Waals surface area contributed by atoms with Gasteiger partial charge in [0.25, 0.3) is 0 Å². The van der Waals surface area contributed by atoms with Crippen LogP contribution in [0.3, 0.4) is 0 Å². The zero-order valence-corrected chi connectivity index (χ0v) is 14.5. The second-order valence-electron chi connectivity index (χ2n) is 5.90. The van der Waals surface area contributed by atoms with E-state index in [9.17, 15) is 13.2 Å². The van der Waals surface area contributed by atoms with Crippen molar-refractivity contribution in [3.05, 3.63) is 52.9 Å². The molecule has 2 aromatic rings. The molecule has 4 nitrogen and oxygen atoms in total. The van der Waals surface area contributed by atoms with Gasteiger partial charge in [0.2, 0.25) is 5.91 Å². The number of sulfone groups is 1. The van der Waals surface area contributed by atoms with E-state index in [1.165, 1.54) is 11.3 Å². The highest BCUT2D eigenvalue weighted by Gasteiger charge is 2.33. The molecular weight excluding hydrogens is 330 g/mol. The minimum absolute atomic E-state index is 0.0384. The van der Waals surface area contributed by atoms with E-state index in [4.69, 9.17) is 0 Å². The predicted molar refractivity (Wildman–Crippen MR) is 91.2 cm³/mol. The summed E-state index contributed by atoms with van der Waals surface area (Å²) in [7, 11) is -3.52. The van der Waals surface area contributed by atoms with Crippen LogP contribution < -0.4 is 5.32 Å². The maximum atomic E-state index is 12.9. The predicted octanol–water partition coefficient (Wildman–Crippen LogP) is 3.10. The molecule has 1 aromatic carbocycles. The first-order valence-corrected chi connectivity index (χ1v) is 10.0. The Morgan fingerprint density at radius 3 is 2.52 bits per heavy atom. The van der Waals surface area contributed by atoms with E-state index in [-0.39, 0.29) is 18.4 Å². The SMILES string of the molecule is Cc1ccc([C@H](CNC(=O)C2CC2)S(=O)(=O)c2cccs2)cc1. The van der Waals surface area contributed by atoms with Crippen molar-refractivity contribution in [3.8, 4) is 0 Å². The fourth-order valence-electron chi connectivity index (χ4n) is 2.44. The van der Waals surface area contributed by atoms with E-state index in [0.717, 1.165) is 18.4 Å². The molecule has 1 aliphatic rings. The normalized spacial score (nSPS) is 16.0. The Labute approximate surface area is 140 Å². The molecule has 0 bridgehead atoms. The van der Waals surface area contributed by atoms with Gasteiger partial charge in [0.15, 0.2) is 9.84 Å². The van der Waals surface area contributed by atoms with Crippen LogP contribution in [0.4, 0.5) is 0 Å². The summed E-state index contributed by atoms with van der Waals surface area (Å²) in [6, 6.07) is 10.8. The van der Waals surface area contributed by atoms with Crippen LogP contribution in [-0.2, 0) is 14.6 Å². The van der Waals surface area contributed by atoms with Gasteiger partial charge in [-0.25, -0.2) is 8.42 Å². The average molecular weight is 349 g/mol. The third kappa shape index (κ3) is 3.64. The molecule has 0 aliphatic heterocycles. The Kier molecular flexibility index (Phi) is 4.55. The molecule has 0 radical (unpaired) electrons. The average Bonchev–Trinajstić information content (AvgIpc) is 3.22. The Morgan fingerprint density at radius 1 is 1.26 bits per heavy atom. The van der Waals surface area contributed by atoms with Crippen molar-refractivity contribution in [1.29, 1.82) is 0 Å². The smallest absolute Gasteiger partial charge is 0.223 e. The van der Waals surface area contributed by atoms with Gasteiger partial charge in [0.05, 0.1) is 0 Å². The molecule has 1 atom stereocenters. The summed E-state index contributed by atoms with van der Waals surface area (Å²) in [6.07, 6.45) is 1.80. The molecule has 3 rings (SSSR count). The molecule has 1 N–H and O–H groups in total. The first-order valence-electron chi connectivity index (χ1n) is 7.60. The lowest BCUT2D eigenvalue weighted by Gasteiger charge is -2.18. The quantitative estimate of drug-likeness (QED) is 0.871. The number of hydrogen-bond donors (Lipinski definition) is 1. The largest absolute Gasteiger partial charge is 0.354 e. The summed E-state index contributed by atoms with van der Waals surface area (Å²) in [5.41, 5.74) is 1.78. The molecule has 1 saturated carbocycles. The zero-order valence-electron chi connectivity index (χ0n) is 12.9. The lowest BCUT2D eigenvalue weighted by Crippen LogP contribution is -2.32. The molecule has 1 aromatic heterocycles. The number of thiophene rings is 1. The maximum Gasteiger partial charge on any atom is 0.223 e. The van der Waals surface area contributed by atoms with Crippen LogP contribution in [0.1, 0.15) is 29.2 Å². The molecule has 1 amide bonds. The van der Waals surface area contributed by atoms with Gasteiger partial charge in [-0.3, -0.25) is 4.79 Å². The van der Waals surface area contributed by atoms with Crippen molar-refractivity contribution in [3.63, 3.8) is 0 Å². The van der Waals surface area contributed by atoms with Crippen LogP contribution in [0.15, 0.2) is 46.0 Å². The van der Waals surface area contributed by atoms with Crippen molar-refractivity contribution in [2.45, 2.75) is 29.2 Å². The van der Waals surface area contributed by atoms with E-state index in [0.29, 0.717) is 9.77 Å². The molecular formula is C17H19NO3S2. The summed E-state index contributed by atoms with van der Waals surface area (Å²) in [5.74, 6) is 0.0293. The number of carbonyl (C=O) groups excluding carboxylic acids is 1. The van der Waals surface area contributed by atoms with Gasteiger partial charge in [-0.1, -0.05) is 35.9 Å². The van der Waals surface area contributed by atoms with Gasteiger partial charge in [-0.15, -0.1) is 11.3 Å². The molecule has 1 aliphatic carbocycles. The van der Waals surface area contributed by atoms with E-state index in [2.05, 4.69) is 5.32 Å². The van der Waals surface area contributed by atoms with Crippen LogP contribution in [0.25, 0.3) is 0 Å². The molecule has 1 fully saturated rings. The molecule has 0 unspecified atom stereocenters. The minimum atomic E-state index is -3.52. The molecule has 0 spiro atoms. The van der Waals surface area contributed by atoms with Gasteiger partial charge in [-0.05, 0) is 36.8 Å². The Morgan fingerprint density at radius 2 is 1.96 bits per heavy atom. The summed E-state index contributed by atoms with van der Waals surface area (Å²) >= 11 is 1.21. The van der Waals surface area contributed by atoms with Crippen molar-refractivity contribution in [1.82, 2.24) is 5.32 Å². The fourth-order valence-corrected chi connectivity index (χ4v) is 5.30. The van der Waals surface area contributed by atoms with E-state index >= 15 is 0 Å². The van der Waals surface area contributed by atoms with Crippen LogP contribution in [0, 0.1) is 12.8 Å². The highest BCUT2D eigenvalue weighted by molar-refractivity contribution is 7.93. The number of rotatable bonds is 6. The summed E-state index contributed by atoms with van der Waals surface area (Å²) in [6.45, 7) is 2.07. The monoisotopic (exact) mass is 349 g/mol. The number of aryl methyl sites for hydroxylation is 1. The highest BCUT2D eigenvalue weighted by Crippen LogP contribution is 2.32. The number of amides is 1. The lowest BCUT2D eigenvalue weighted by molar-refractivity contribution is -0.122. The molecule has 122 valence electrons. The van der Waals surface area contributed by atoms with Crippen LogP contribution in [-0.4, -0.2) is 20.9 Å². The zero-order chi connectivity index (χ0) is 16.4. The first-order chi connectivity index (χ1) is 11.0. The summed E-state index contributed by atoms with van der Waals surface area (Å²) in [4.78, 5) is 11.9. The molecule has 6 heteroatoms. The van der Waals surface area contributed by atoms with Crippen LogP contribution in [0.2, 0.25) is 0 Å². The second-order valence-corrected chi connectivity index (χ2v) is 9.20. The summed E-state index contributed by atoms with van der Waals surface area (Å²) in [5, 5.41) is 3.80. The molecule has 23 heavy (non-hydrogen) atoms. The van der Waals surface area contributed by atoms with Crippen molar-refractivity contribution >= 4 is 27.1 Å². The van der Waals surface area contributed by atoms with E-state index in [1.807, 2.05) is 31.2 Å². The van der Waals surface area contributed by atoms with Gasteiger partial charge in [-0.2, -0.15) is 0 Å². The number of nitrogens with one attached hydrogen (secondary N) is 1. The van der Waals surface area contributed by atoms with Crippen LogP contribution >= 0.6 is 11.3 Å². The van der Waals surface area contributed by atoms with Gasteiger partial charge in [0, 0.05) is 12.5 Å². The number of hydrogen-bond acceptors (Lipinski definition) is 4. The van der Waals surface area contributed by atoms with Gasteiger partial charge in [0.1, 0.15) is 9.46 Å². The van der Waals surface area contributed by atoms with Crippen molar-refractivity contribution < 1.29 is 13.2 Å². The van der Waals surface area contributed by atoms with E-state index < -0.39 is 15.1 Å². The van der Waals surface area contributed by atoms with E-state index in [1.54, 1.807) is 17.5 Å². The standard InChI is InChI=1S/C17H19NO3S2/c1-12-4-6-13(7-5-12)15(11-18-17(19)14-8-9-14)23(20,21)16-3-2-10-22-16/h2-7,10,14-15H,8-9,11H2,1H3,(H,18,19)/t15-/m0/s1. The Hall–Kier alpha value is -1.66. The Balaban J connectivity index is 1.89. The number of benzene rings is 1. The second kappa shape index (κ2) is 6.45. The summed E-state index contributed by atoms with van der Waals surface area (Å²) < 4.78 is 26.2. The van der Waals surface area contributed by atoms with Crippen LogP contribution in [0.5, 0.6) is 0 Å². The first kappa shape index (κ1) is 16.2. The van der Waals surface area contributed by atoms with Gasteiger partial charge < -0.3 is 5.32 Å².